The van der Waals surface area contributed by atoms with E-state index in [1.165, 1.54) is 11.8 Å². The van der Waals surface area contributed by atoms with Crippen molar-refractivity contribution in [1.82, 2.24) is 19.9 Å². The highest BCUT2D eigenvalue weighted by Gasteiger charge is 2.14. The molecule has 0 aliphatic heterocycles. The molecular formula is C29H21N5OS. The van der Waals surface area contributed by atoms with Crippen LogP contribution in [0.15, 0.2) is 108 Å². The van der Waals surface area contributed by atoms with Crippen molar-refractivity contribution in [2.45, 2.75) is 5.16 Å². The number of carbonyl (C=O) groups excluding carboxylic acids is 1. The van der Waals surface area contributed by atoms with E-state index in [2.05, 4.69) is 15.3 Å². The van der Waals surface area contributed by atoms with Crippen LogP contribution in [-0.2, 0) is 4.79 Å². The van der Waals surface area contributed by atoms with E-state index in [1.807, 2.05) is 103 Å². The number of para-hydroxylation sites is 2. The van der Waals surface area contributed by atoms with Crippen LogP contribution in [0.4, 0.5) is 5.69 Å². The van der Waals surface area contributed by atoms with Gasteiger partial charge in [0, 0.05) is 16.8 Å². The fourth-order valence-corrected chi connectivity index (χ4v) is 4.74. The smallest absolute Gasteiger partial charge is 0.234 e. The molecule has 0 unspecified atom stereocenters. The minimum absolute atomic E-state index is 0.114. The Morgan fingerprint density at radius 1 is 0.694 bits per heavy atom. The zero-order valence-electron chi connectivity index (χ0n) is 19.2. The summed E-state index contributed by atoms with van der Waals surface area (Å²) in [6.07, 6.45) is 0. The summed E-state index contributed by atoms with van der Waals surface area (Å²) in [5.41, 5.74) is 7.63. The van der Waals surface area contributed by atoms with Crippen molar-refractivity contribution < 1.29 is 4.79 Å². The first-order chi connectivity index (χ1) is 17.7. The Morgan fingerprint density at radius 3 is 2.03 bits per heavy atom. The van der Waals surface area contributed by atoms with Crippen molar-refractivity contribution in [3.63, 3.8) is 0 Å². The van der Waals surface area contributed by atoms with Gasteiger partial charge in [-0.15, -0.1) is 0 Å². The van der Waals surface area contributed by atoms with E-state index in [-0.39, 0.29) is 11.7 Å². The summed E-state index contributed by atoms with van der Waals surface area (Å²) < 4.78 is 0. The first kappa shape index (κ1) is 22.0. The van der Waals surface area contributed by atoms with Gasteiger partial charge in [-0.3, -0.25) is 4.79 Å². The number of amides is 1. The molecular weight excluding hydrogens is 466 g/mol. The molecule has 0 fully saturated rings. The number of aromatic nitrogens is 4. The van der Waals surface area contributed by atoms with Crippen molar-refractivity contribution in [2.24, 2.45) is 0 Å². The highest BCUT2D eigenvalue weighted by atomic mass is 32.2. The Balaban J connectivity index is 1.27. The predicted molar refractivity (Wildman–Crippen MR) is 146 cm³/mol. The summed E-state index contributed by atoms with van der Waals surface area (Å²) in [6.45, 7) is 0. The van der Waals surface area contributed by atoms with Crippen LogP contribution in [0.1, 0.15) is 0 Å². The summed E-state index contributed by atoms with van der Waals surface area (Å²) in [4.78, 5) is 30.3. The number of rotatable bonds is 6. The van der Waals surface area contributed by atoms with Gasteiger partial charge < -0.3 is 10.3 Å². The van der Waals surface area contributed by atoms with Gasteiger partial charge in [-0.1, -0.05) is 84.6 Å². The van der Waals surface area contributed by atoms with E-state index in [0.717, 1.165) is 49.7 Å². The SMILES string of the molecule is O=C(CSc1nc2ccccc2[nH]1)Nc1ccc2nc(-c3ccccc3)c(-c3ccccc3)nc2c1. The molecule has 0 aliphatic carbocycles. The Kier molecular flexibility index (Phi) is 5.89. The molecule has 0 spiro atoms. The molecule has 2 aromatic heterocycles. The van der Waals surface area contributed by atoms with E-state index >= 15 is 0 Å². The van der Waals surface area contributed by atoms with Gasteiger partial charge in [0.05, 0.1) is 39.2 Å². The van der Waals surface area contributed by atoms with Gasteiger partial charge in [0.15, 0.2) is 5.16 Å². The maximum Gasteiger partial charge on any atom is 0.234 e. The molecule has 174 valence electrons. The van der Waals surface area contributed by atoms with Crippen LogP contribution >= 0.6 is 11.8 Å². The number of aromatic amines is 1. The monoisotopic (exact) mass is 487 g/mol. The standard InChI is InChI=1S/C29H21N5OS/c35-26(18-36-29-33-22-13-7-8-14-23(22)34-29)30-21-15-16-24-25(17-21)32-28(20-11-5-2-6-12-20)27(31-24)19-9-3-1-4-10-19/h1-17H,18H2,(H,30,35)(H,33,34). The molecule has 36 heavy (non-hydrogen) atoms. The molecule has 7 heteroatoms. The molecule has 4 aromatic carbocycles. The molecule has 0 bridgehead atoms. The second kappa shape index (κ2) is 9.64. The molecule has 1 amide bonds. The lowest BCUT2D eigenvalue weighted by molar-refractivity contribution is -0.113. The zero-order chi connectivity index (χ0) is 24.3. The summed E-state index contributed by atoms with van der Waals surface area (Å²) in [7, 11) is 0. The first-order valence-electron chi connectivity index (χ1n) is 11.5. The lowest BCUT2D eigenvalue weighted by Gasteiger charge is -2.12. The van der Waals surface area contributed by atoms with Crippen LogP contribution in [-0.4, -0.2) is 31.6 Å². The topological polar surface area (TPSA) is 83.6 Å². The van der Waals surface area contributed by atoms with Crippen molar-refractivity contribution in [3.8, 4) is 22.5 Å². The number of H-pyrrole nitrogens is 1. The van der Waals surface area contributed by atoms with Crippen LogP contribution < -0.4 is 5.32 Å². The summed E-state index contributed by atoms with van der Waals surface area (Å²) in [6, 6.07) is 33.5. The third-order valence-electron chi connectivity index (χ3n) is 5.75. The average Bonchev–Trinajstić information content (AvgIpc) is 3.35. The fraction of sp³-hybridized carbons (Fsp3) is 0.0345. The summed E-state index contributed by atoms with van der Waals surface area (Å²) in [5, 5.41) is 3.69. The molecule has 0 aliphatic rings. The van der Waals surface area contributed by atoms with Gasteiger partial charge in [-0.2, -0.15) is 0 Å². The molecule has 0 saturated heterocycles. The molecule has 6 rings (SSSR count). The minimum atomic E-state index is -0.114. The molecule has 6 aromatic rings. The number of benzene rings is 4. The van der Waals surface area contributed by atoms with Gasteiger partial charge >= 0.3 is 0 Å². The number of anilines is 1. The summed E-state index contributed by atoms with van der Waals surface area (Å²) >= 11 is 1.37. The number of imidazole rings is 1. The Labute approximate surface area is 211 Å². The second-order valence-corrected chi connectivity index (χ2v) is 9.22. The maximum atomic E-state index is 12.7. The number of hydrogen-bond donors (Lipinski definition) is 2. The lowest BCUT2D eigenvalue weighted by atomic mass is 10.0. The Morgan fingerprint density at radius 2 is 1.33 bits per heavy atom. The molecule has 0 radical (unpaired) electrons. The highest BCUT2D eigenvalue weighted by molar-refractivity contribution is 7.99. The quantitative estimate of drug-likeness (QED) is 0.260. The first-order valence-corrected chi connectivity index (χ1v) is 12.5. The second-order valence-electron chi connectivity index (χ2n) is 8.25. The largest absolute Gasteiger partial charge is 0.333 e. The molecule has 2 N–H and O–H groups in total. The van der Waals surface area contributed by atoms with Crippen LogP contribution in [0.5, 0.6) is 0 Å². The van der Waals surface area contributed by atoms with Crippen molar-refractivity contribution in [3.05, 3.63) is 103 Å². The number of nitrogens with zero attached hydrogens (tertiary/aromatic N) is 3. The third-order valence-corrected chi connectivity index (χ3v) is 6.62. The van der Waals surface area contributed by atoms with E-state index in [1.54, 1.807) is 0 Å². The summed E-state index contributed by atoms with van der Waals surface area (Å²) in [5.74, 6) is 0.128. The number of thioether (sulfide) groups is 1. The van der Waals surface area contributed by atoms with Gasteiger partial charge in [0.1, 0.15) is 0 Å². The molecule has 0 saturated carbocycles. The molecule has 2 heterocycles. The number of carbonyl (C=O) groups is 1. The lowest BCUT2D eigenvalue weighted by Crippen LogP contribution is -2.14. The fourth-order valence-electron chi connectivity index (χ4n) is 4.06. The van der Waals surface area contributed by atoms with E-state index < -0.39 is 0 Å². The van der Waals surface area contributed by atoms with Crippen LogP contribution in [0.3, 0.4) is 0 Å². The average molecular weight is 488 g/mol. The van der Waals surface area contributed by atoms with Crippen LogP contribution in [0, 0.1) is 0 Å². The highest BCUT2D eigenvalue weighted by Crippen LogP contribution is 2.31. The van der Waals surface area contributed by atoms with Crippen LogP contribution in [0.2, 0.25) is 0 Å². The van der Waals surface area contributed by atoms with E-state index in [0.29, 0.717) is 5.69 Å². The minimum Gasteiger partial charge on any atom is -0.333 e. The number of nitrogens with one attached hydrogen (secondary N) is 2. The zero-order valence-corrected chi connectivity index (χ0v) is 20.0. The molecule has 0 atom stereocenters. The third kappa shape index (κ3) is 4.56. The Hall–Kier alpha value is -4.49. The van der Waals surface area contributed by atoms with E-state index in [9.17, 15) is 4.79 Å². The van der Waals surface area contributed by atoms with Gasteiger partial charge in [-0.05, 0) is 30.3 Å². The predicted octanol–water partition coefficient (Wildman–Crippen LogP) is 6.57. The van der Waals surface area contributed by atoms with Gasteiger partial charge in [0.25, 0.3) is 0 Å². The molecule has 6 nitrogen and oxygen atoms in total. The van der Waals surface area contributed by atoms with Gasteiger partial charge in [-0.25, -0.2) is 15.0 Å². The number of fused-ring (bicyclic) bond motifs is 2. The van der Waals surface area contributed by atoms with Crippen molar-refractivity contribution in [1.29, 1.82) is 0 Å². The van der Waals surface area contributed by atoms with E-state index in [4.69, 9.17) is 9.97 Å². The van der Waals surface area contributed by atoms with Crippen molar-refractivity contribution in [2.75, 3.05) is 11.1 Å². The van der Waals surface area contributed by atoms with Crippen LogP contribution in [0.25, 0.3) is 44.6 Å². The maximum absolute atomic E-state index is 12.7. The number of hydrogen-bond acceptors (Lipinski definition) is 5. The van der Waals surface area contributed by atoms with Crippen molar-refractivity contribution >= 4 is 45.4 Å². The van der Waals surface area contributed by atoms with Gasteiger partial charge in [0.2, 0.25) is 5.91 Å². The normalized spacial score (nSPS) is 11.1. The Bertz CT molecular complexity index is 1650.